The topological polar surface area (TPSA) is 87.7 Å². The molecule has 0 aliphatic heterocycles. The Balaban J connectivity index is 1.96. The number of anilines is 1. The van der Waals surface area contributed by atoms with E-state index in [1.165, 1.54) is 0 Å². The van der Waals surface area contributed by atoms with Crippen LogP contribution in [0.25, 0.3) is 10.8 Å². The molecule has 0 aliphatic rings. The Hall–Kier alpha value is -3.87. The van der Waals surface area contributed by atoms with E-state index in [1.807, 2.05) is 88.4 Å². The third kappa shape index (κ3) is 7.34. The average molecular weight is 518 g/mol. The van der Waals surface area contributed by atoms with Gasteiger partial charge in [0, 0.05) is 11.7 Å². The number of ether oxygens (including phenoxy) is 1. The summed E-state index contributed by atoms with van der Waals surface area (Å²) in [6.45, 7) is 12.8. The highest BCUT2D eigenvalue weighted by Gasteiger charge is 2.35. The van der Waals surface area contributed by atoms with E-state index in [0.717, 1.165) is 21.9 Å². The minimum absolute atomic E-state index is 0.267. The molecule has 3 aromatic carbocycles. The van der Waals surface area contributed by atoms with E-state index in [-0.39, 0.29) is 24.4 Å². The van der Waals surface area contributed by atoms with Crippen LogP contribution >= 0.6 is 0 Å². The van der Waals surface area contributed by atoms with Crippen molar-refractivity contribution in [2.45, 2.75) is 72.6 Å². The molecule has 0 heterocycles. The smallest absolute Gasteiger partial charge is 0.408 e. The molecule has 0 bridgehead atoms. The summed E-state index contributed by atoms with van der Waals surface area (Å²) in [5, 5.41) is 7.66. The molecular formula is C31H39N3O4. The van der Waals surface area contributed by atoms with Crippen LogP contribution in [0.1, 0.15) is 63.8 Å². The maximum Gasteiger partial charge on any atom is 0.408 e. The largest absolute Gasteiger partial charge is 0.444 e. The lowest BCUT2D eigenvalue weighted by Gasteiger charge is -2.36. The van der Waals surface area contributed by atoms with E-state index in [4.69, 9.17) is 4.74 Å². The molecule has 3 aromatic rings. The van der Waals surface area contributed by atoms with Crippen LogP contribution in [0.3, 0.4) is 0 Å². The van der Waals surface area contributed by atoms with Crippen molar-refractivity contribution >= 4 is 34.4 Å². The number of benzene rings is 3. The van der Waals surface area contributed by atoms with Gasteiger partial charge in [0.15, 0.2) is 0 Å². The molecule has 0 aromatic heterocycles. The second kappa shape index (κ2) is 12.1. The van der Waals surface area contributed by atoms with Crippen molar-refractivity contribution in [3.63, 3.8) is 0 Å². The van der Waals surface area contributed by atoms with E-state index < -0.39 is 17.7 Å². The number of fused-ring (bicyclic) bond motifs is 1. The number of nitrogens with one attached hydrogen (secondary N) is 2. The van der Waals surface area contributed by atoms with Gasteiger partial charge in [-0.05, 0) is 87.6 Å². The predicted molar refractivity (Wildman–Crippen MR) is 152 cm³/mol. The highest BCUT2D eigenvalue weighted by atomic mass is 16.6. The summed E-state index contributed by atoms with van der Waals surface area (Å²) < 4.78 is 5.29. The molecule has 202 valence electrons. The van der Waals surface area contributed by atoms with E-state index >= 15 is 0 Å². The zero-order chi connectivity index (χ0) is 28.0. The van der Waals surface area contributed by atoms with Gasteiger partial charge in [0.2, 0.25) is 5.91 Å². The Morgan fingerprint density at radius 3 is 2.24 bits per heavy atom. The van der Waals surface area contributed by atoms with Crippen molar-refractivity contribution in [2.24, 2.45) is 0 Å². The third-order valence-corrected chi connectivity index (χ3v) is 6.53. The average Bonchev–Trinajstić information content (AvgIpc) is 2.86. The van der Waals surface area contributed by atoms with Crippen LogP contribution in [0.15, 0.2) is 60.7 Å². The van der Waals surface area contributed by atoms with Gasteiger partial charge in [0.1, 0.15) is 18.2 Å². The second-order valence-electron chi connectivity index (χ2n) is 10.7. The first-order valence-electron chi connectivity index (χ1n) is 13.0. The molecule has 7 heteroatoms. The van der Waals surface area contributed by atoms with E-state index in [2.05, 4.69) is 10.6 Å². The SMILES string of the molecule is CCC(C)N(C(=O)CNC(=O)OC(C)(C)C)C(C(=O)Nc1ccc2ccccc2c1)c1ccc(C)c(C)c1. The molecule has 0 saturated heterocycles. The summed E-state index contributed by atoms with van der Waals surface area (Å²) in [5.41, 5.74) is 2.78. The van der Waals surface area contributed by atoms with Crippen LogP contribution in [0.5, 0.6) is 0 Å². The van der Waals surface area contributed by atoms with Gasteiger partial charge in [-0.25, -0.2) is 4.79 Å². The van der Waals surface area contributed by atoms with Gasteiger partial charge < -0.3 is 20.3 Å². The highest BCUT2D eigenvalue weighted by molar-refractivity contribution is 6.00. The van der Waals surface area contributed by atoms with Gasteiger partial charge in [0.25, 0.3) is 5.91 Å². The number of rotatable bonds is 8. The Morgan fingerprint density at radius 2 is 1.61 bits per heavy atom. The number of hydrogen-bond acceptors (Lipinski definition) is 4. The molecule has 0 radical (unpaired) electrons. The summed E-state index contributed by atoms with van der Waals surface area (Å²) in [6, 6.07) is 18.3. The molecule has 3 rings (SSSR count). The van der Waals surface area contributed by atoms with Crippen molar-refractivity contribution in [3.05, 3.63) is 77.4 Å². The van der Waals surface area contributed by atoms with Gasteiger partial charge >= 0.3 is 6.09 Å². The lowest BCUT2D eigenvalue weighted by Crippen LogP contribution is -2.50. The summed E-state index contributed by atoms with van der Waals surface area (Å²) in [7, 11) is 0. The maximum absolute atomic E-state index is 13.9. The van der Waals surface area contributed by atoms with Crippen molar-refractivity contribution < 1.29 is 19.1 Å². The molecule has 0 spiro atoms. The van der Waals surface area contributed by atoms with Crippen molar-refractivity contribution in [3.8, 4) is 0 Å². The number of carbonyl (C=O) groups is 3. The minimum Gasteiger partial charge on any atom is -0.444 e. The van der Waals surface area contributed by atoms with Crippen molar-refractivity contribution in [1.82, 2.24) is 10.2 Å². The molecule has 0 saturated carbocycles. The van der Waals surface area contributed by atoms with E-state index in [0.29, 0.717) is 17.7 Å². The van der Waals surface area contributed by atoms with Gasteiger partial charge in [-0.15, -0.1) is 0 Å². The van der Waals surface area contributed by atoms with Crippen molar-refractivity contribution in [2.75, 3.05) is 11.9 Å². The number of alkyl carbamates (subject to hydrolysis) is 1. The first-order chi connectivity index (χ1) is 17.9. The normalized spacial score (nSPS) is 12.9. The molecule has 0 aliphatic carbocycles. The molecule has 3 amide bonds. The van der Waals surface area contributed by atoms with Gasteiger partial charge in [0.05, 0.1) is 0 Å². The van der Waals surface area contributed by atoms with Gasteiger partial charge in [-0.3, -0.25) is 9.59 Å². The van der Waals surface area contributed by atoms with Crippen LogP contribution in [-0.2, 0) is 14.3 Å². The number of nitrogens with zero attached hydrogens (tertiary/aromatic N) is 1. The summed E-state index contributed by atoms with van der Waals surface area (Å²) in [5.74, 6) is -0.698. The Labute approximate surface area is 225 Å². The first-order valence-corrected chi connectivity index (χ1v) is 13.0. The zero-order valence-corrected chi connectivity index (χ0v) is 23.4. The summed E-state index contributed by atoms with van der Waals surface area (Å²) in [4.78, 5) is 41.3. The standard InChI is InChI=1S/C31H39N3O4/c1-8-22(4)34(27(35)19-32-30(37)38-31(5,6)7)28(25-14-13-20(2)21(3)17-25)29(36)33-26-16-15-23-11-9-10-12-24(23)18-26/h9-18,22,28H,8,19H2,1-7H3,(H,32,37)(H,33,36). The fourth-order valence-corrected chi connectivity index (χ4v) is 4.24. The molecule has 7 nitrogen and oxygen atoms in total. The predicted octanol–water partition coefficient (Wildman–Crippen LogP) is 6.29. The molecule has 38 heavy (non-hydrogen) atoms. The van der Waals surface area contributed by atoms with E-state index in [1.54, 1.807) is 25.7 Å². The quantitative estimate of drug-likeness (QED) is 0.368. The van der Waals surface area contributed by atoms with E-state index in [9.17, 15) is 14.4 Å². The number of amides is 3. The molecule has 0 fully saturated rings. The van der Waals surface area contributed by atoms with Gasteiger partial charge in [-0.1, -0.05) is 55.5 Å². The third-order valence-electron chi connectivity index (χ3n) is 6.53. The lowest BCUT2D eigenvalue weighted by atomic mass is 9.97. The Bertz CT molecular complexity index is 1310. The van der Waals surface area contributed by atoms with Crippen LogP contribution in [0.4, 0.5) is 10.5 Å². The van der Waals surface area contributed by atoms with Crippen LogP contribution < -0.4 is 10.6 Å². The Kier molecular flexibility index (Phi) is 9.15. The molecule has 2 unspecified atom stereocenters. The highest BCUT2D eigenvalue weighted by Crippen LogP contribution is 2.29. The number of hydrogen-bond donors (Lipinski definition) is 2. The second-order valence-corrected chi connectivity index (χ2v) is 10.7. The molecule has 2 N–H and O–H groups in total. The number of aryl methyl sites for hydroxylation is 2. The Morgan fingerprint density at radius 1 is 0.921 bits per heavy atom. The van der Waals surface area contributed by atoms with Crippen molar-refractivity contribution in [1.29, 1.82) is 0 Å². The fourth-order valence-electron chi connectivity index (χ4n) is 4.24. The molecule has 2 atom stereocenters. The zero-order valence-electron chi connectivity index (χ0n) is 23.4. The van der Waals surface area contributed by atoms with Crippen LogP contribution in [0.2, 0.25) is 0 Å². The lowest BCUT2D eigenvalue weighted by molar-refractivity contribution is -0.140. The van der Waals surface area contributed by atoms with Crippen LogP contribution in [-0.4, -0.2) is 41.0 Å². The summed E-state index contributed by atoms with van der Waals surface area (Å²) in [6.07, 6.45) is -0.0544. The maximum atomic E-state index is 13.9. The monoisotopic (exact) mass is 517 g/mol. The summed E-state index contributed by atoms with van der Waals surface area (Å²) >= 11 is 0. The number of carbonyl (C=O) groups excluding carboxylic acids is 3. The molecular weight excluding hydrogens is 478 g/mol. The van der Waals surface area contributed by atoms with Crippen LogP contribution in [0, 0.1) is 13.8 Å². The minimum atomic E-state index is -0.899. The first kappa shape index (κ1) is 28.7. The fraction of sp³-hybridized carbons (Fsp3) is 0.387. The van der Waals surface area contributed by atoms with Gasteiger partial charge in [-0.2, -0.15) is 0 Å².